The first-order chi connectivity index (χ1) is 10.0. The molecule has 2 rings (SSSR count). The molecule has 0 saturated heterocycles. The zero-order valence-corrected chi connectivity index (χ0v) is 12.5. The number of thioether (sulfide) groups is 1. The fourth-order valence-corrected chi connectivity index (χ4v) is 2.63. The van der Waals surface area contributed by atoms with Crippen LogP contribution in [0.1, 0.15) is 5.56 Å². The summed E-state index contributed by atoms with van der Waals surface area (Å²) in [6, 6.07) is 10.1. The van der Waals surface area contributed by atoms with E-state index >= 15 is 0 Å². The second kappa shape index (κ2) is 7.43. The van der Waals surface area contributed by atoms with Gasteiger partial charge >= 0.3 is 0 Å². The topological polar surface area (TPSA) is 29.1 Å². The van der Waals surface area contributed by atoms with Gasteiger partial charge in [-0.15, -0.1) is 11.8 Å². The molecule has 0 aliphatic rings. The van der Waals surface area contributed by atoms with Gasteiger partial charge in [-0.3, -0.25) is 4.79 Å². The van der Waals surface area contributed by atoms with Crippen molar-refractivity contribution < 1.29 is 13.6 Å². The summed E-state index contributed by atoms with van der Waals surface area (Å²) in [5.74, 6) is -0.554. The van der Waals surface area contributed by atoms with Crippen molar-refractivity contribution in [1.29, 1.82) is 0 Å². The molecule has 0 heterocycles. The molecule has 0 spiro atoms. The minimum absolute atomic E-state index is 0.151. The van der Waals surface area contributed by atoms with Gasteiger partial charge in [-0.2, -0.15) is 0 Å². The van der Waals surface area contributed by atoms with Crippen LogP contribution in [0.15, 0.2) is 42.5 Å². The van der Waals surface area contributed by atoms with Crippen molar-refractivity contribution in [3.8, 4) is 0 Å². The minimum Gasteiger partial charge on any atom is -0.325 e. The molecule has 0 aromatic heterocycles. The van der Waals surface area contributed by atoms with Gasteiger partial charge in [0, 0.05) is 16.5 Å². The van der Waals surface area contributed by atoms with Gasteiger partial charge in [0.25, 0.3) is 0 Å². The maximum absolute atomic E-state index is 13.5. The van der Waals surface area contributed by atoms with Gasteiger partial charge in [0.1, 0.15) is 11.6 Å². The molecule has 0 atom stereocenters. The van der Waals surface area contributed by atoms with Gasteiger partial charge in [0.15, 0.2) is 0 Å². The number of halogens is 3. The van der Waals surface area contributed by atoms with Crippen molar-refractivity contribution in [2.75, 3.05) is 11.1 Å². The molecule has 1 N–H and O–H groups in total. The summed E-state index contributed by atoms with van der Waals surface area (Å²) in [6.45, 7) is 0. The van der Waals surface area contributed by atoms with Gasteiger partial charge in [-0.05, 0) is 35.9 Å². The molecule has 0 aliphatic heterocycles. The third-order valence-corrected chi connectivity index (χ3v) is 3.83. The Labute approximate surface area is 130 Å². The first kappa shape index (κ1) is 15.8. The number of nitrogens with one attached hydrogen (secondary N) is 1. The number of anilines is 1. The molecule has 1 amide bonds. The molecule has 0 fully saturated rings. The third-order valence-electron chi connectivity index (χ3n) is 2.61. The molecule has 0 bridgehead atoms. The molecule has 21 heavy (non-hydrogen) atoms. The van der Waals surface area contributed by atoms with Gasteiger partial charge in [-0.25, -0.2) is 8.78 Å². The fraction of sp³-hybridized carbons (Fsp3) is 0.133. The van der Waals surface area contributed by atoms with E-state index in [1.54, 1.807) is 18.2 Å². The molecular formula is C15H12ClF2NOS. The highest BCUT2D eigenvalue weighted by Gasteiger charge is 2.06. The number of carbonyl (C=O) groups excluding carboxylic acids is 1. The Morgan fingerprint density at radius 3 is 2.71 bits per heavy atom. The third kappa shape index (κ3) is 5.02. The zero-order chi connectivity index (χ0) is 15.2. The lowest BCUT2D eigenvalue weighted by molar-refractivity contribution is -0.113. The standard InChI is InChI=1S/C15H12ClF2NOS/c16-11-5-4-10(14(18)6-11)8-21-9-15(20)19-13-3-1-2-12(17)7-13/h1-7H,8-9H2,(H,19,20). The lowest BCUT2D eigenvalue weighted by Crippen LogP contribution is -2.14. The van der Waals surface area contributed by atoms with Crippen LogP contribution in [0.25, 0.3) is 0 Å². The van der Waals surface area contributed by atoms with Crippen LogP contribution < -0.4 is 5.32 Å². The Bertz CT molecular complexity index is 651. The number of carbonyl (C=O) groups is 1. The average molecular weight is 328 g/mol. The largest absolute Gasteiger partial charge is 0.325 e. The van der Waals surface area contributed by atoms with E-state index in [1.807, 2.05) is 0 Å². The molecule has 0 unspecified atom stereocenters. The van der Waals surface area contributed by atoms with E-state index in [4.69, 9.17) is 11.6 Å². The van der Waals surface area contributed by atoms with Crippen molar-refractivity contribution >= 4 is 35.0 Å². The maximum atomic E-state index is 13.5. The fourth-order valence-electron chi connectivity index (χ4n) is 1.66. The normalized spacial score (nSPS) is 10.4. The maximum Gasteiger partial charge on any atom is 0.234 e. The Morgan fingerprint density at radius 2 is 2.00 bits per heavy atom. The van der Waals surface area contributed by atoms with Crippen molar-refractivity contribution in [2.45, 2.75) is 5.75 Å². The van der Waals surface area contributed by atoms with Crippen LogP contribution in [0.2, 0.25) is 5.02 Å². The lowest BCUT2D eigenvalue weighted by Gasteiger charge is -2.06. The molecule has 2 nitrogen and oxygen atoms in total. The van der Waals surface area contributed by atoms with Gasteiger partial charge in [0.2, 0.25) is 5.91 Å². The number of benzene rings is 2. The number of hydrogen-bond acceptors (Lipinski definition) is 2. The van der Waals surface area contributed by atoms with Crippen LogP contribution in [0.5, 0.6) is 0 Å². The highest BCUT2D eigenvalue weighted by molar-refractivity contribution is 7.99. The Hall–Kier alpha value is -1.59. The summed E-state index contributed by atoms with van der Waals surface area (Å²) in [5, 5.41) is 2.92. The van der Waals surface area contributed by atoms with Crippen LogP contribution in [0.4, 0.5) is 14.5 Å². The molecule has 110 valence electrons. The van der Waals surface area contributed by atoms with E-state index in [0.717, 1.165) is 0 Å². The predicted molar refractivity (Wildman–Crippen MR) is 82.6 cm³/mol. The first-order valence-electron chi connectivity index (χ1n) is 6.11. The molecule has 0 aliphatic carbocycles. The van der Waals surface area contributed by atoms with E-state index in [1.165, 1.54) is 36.0 Å². The van der Waals surface area contributed by atoms with Crippen LogP contribution >= 0.6 is 23.4 Å². The van der Waals surface area contributed by atoms with E-state index in [-0.39, 0.29) is 17.5 Å². The van der Waals surface area contributed by atoms with Gasteiger partial charge < -0.3 is 5.32 Å². The monoisotopic (exact) mass is 327 g/mol. The predicted octanol–water partition coefficient (Wildman–Crippen LogP) is 4.49. The summed E-state index contributed by atoms with van der Waals surface area (Å²) in [6.07, 6.45) is 0. The van der Waals surface area contributed by atoms with E-state index in [9.17, 15) is 13.6 Å². The molecule has 2 aromatic carbocycles. The lowest BCUT2D eigenvalue weighted by atomic mass is 10.2. The van der Waals surface area contributed by atoms with E-state index in [2.05, 4.69) is 5.32 Å². The smallest absolute Gasteiger partial charge is 0.234 e. The highest BCUT2D eigenvalue weighted by Crippen LogP contribution is 2.19. The second-order valence-electron chi connectivity index (χ2n) is 4.29. The van der Waals surface area contributed by atoms with Crippen molar-refractivity contribution in [3.63, 3.8) is 0 Å². The van der Waals surface area contributed by atoms with Crippen LogP contribution in [0, 0.1) is 11.6 Å². The SMILES string of the molecule is O=C(CSCc1ccc(Cl)cc1F)Nc1cccc(F)c1. The summed E-state index contributed by atoms with van der Waals surface area (Å²) < 4.78 is 26.5. The van der Waals surface area contributed by atoms with Crippen LogP contribution in [-0.4, -0.2) is 11.7 Å². The summed E-state index contributed by atoms with van der Waals surface area (Å²) in [5.41, 5.74) is 0.890. The summed E-state index contributed by atoms with van der Waals surface area (Å²) in [7, 11) is 0. The Morgan fingerprint density at radius 1 is 1.19 bits per heavy atom. The van der Waals surface area contributed by atoms with Crippen LogP contribution in [0.3, 0.4) is 0 Å². The van der Waals surface area contributed by atoms with Crippen LogP contribution in [-0.2, 0) is 10.5 Å². The molecule has 2 aromatic rings. The van der Waals surface area contributed by atoms with Crippen molar-refractivity contribution in [3.05, 3.63) is 64.7 Å². The van der Waals surface area contributed by atoms with Gasteiger partial charge in [-0.1, -0.05) is 23.7 Å². The van der Waals surface area contributed by atoms with Gasteiger partial charge in [0.05, 0.1) is 5.75 Å². The molecule has 6 heteroatoms. The van der Waals surface area contributed by atoms with Crippen molar-refractivity contribution in [2.24, 2.45) is 0 Å². The summed E-state index contributed by atoms with van der Waals surface area (Å²) in [4.78, 5) is 11.7. The van der Waals surface area contributed by atoms with Crippen molar-refractivity contribution in [1.82, 2.24) is 0 Å². The number of rotatable bonds is 5. The average Bonchev–Trinajstić information content (AvgIpc) is 2.41. The second-order valence-corrected chi connectivity index (χ2v) is 5.71. The first-order valence-corrected chi connectivity index (χ1v) is 7.65. The number of amides is 1. The Balaban J connectivity index is 1.81. The zero-order valence-electron chi connectivity index (χ0n) is 10.9. The molecule has 0 saturated carbocycles. The minimum atomic E-state index is -0.413. The number of hydrogen-bond donors (Lipinski definition) is 1. The Kier molecular flexibility index (Phi) is 5.59. The summed E-state index contributed by atoms with van der Waals surface area (Å²) >= 11 is 6.93. The quantitative estimate of drug-likeness (QED) is 0.876. The van der Waals surface area contributed by atoms with E-state index < -0.39 is 5.82 Å². The molecule has 0 radical (unpaired) electrons. The van der Waals surface area contributed by atoms with E-state index in [0.29, 0.717) is 22.0 Å². The highest BCUT2D eigenvalue weighted by atomic mass is 35.5. The molecular weight excluding hydrogens is 316 g/mol.